The predicted molar refractivity (Wildman–Crippen MR) is 75.1 cm³/mol. The molecule has 0 aliphatic rings. The van der Waals surface area contributed by atoms with Crippen molar-refractivity contribution in [1.29, 1.82) is 0 Å². The van der Waals surface area contributed by atoms with E-state index >= 15 is 0 Å². The molecule has 0 bridgehead atoms. The number of aromatic nitrogens is 2. The maximum absolute atomic E-state index is 6.24. The van der Waals surface area contributed by atoms with Crippen molar-refractivity contribution in [3.63, 3.8) is 0 Å². The van der Waals surface area contributed by atoms with Gasteiger partial charge in [-0.1, -0.05) is 23.8 Å². The molecule has 1 heterocycles. The fourth-order valence-corrected chi connectivity index (χ4v) is 2.10. The third-order valence-electron chi connectivity index (χ3n) is 3.18. The molecule has 0 spiro atoms. The number of aryl methyl sites for hydroxylation is 2. The first-order chi connectivity index (χ1) is 9.11. The molecule has 0 aliphatic carbocycles. The highest BCUT2D eigenvalue weighted by Crippen LogP contribution is 2.23. The van der Waals surface area contributed by atoms with E-state index in [2.05, 4.69) is 42.0 Å². The minimum atomic E-state index is -0.218. The summed E-state index contributed by atoms with van der Waals surface area (Å²) < 4.78 is 5.20. The van der Waals surface area contributed by atoms with Gasteiger partial charge in [-0.05, 0) is 31.4 Å². The summed E-state index contributed by atoms with van der Waals surface area (Å²) in [6.07, 6.45) is 3.97. The molecule has 1 atom stereocenters. The Kier molecular flexibility index (Phi) is 4.12. The van der Waals surface area contributed by atoms with Gasteiger partial charge in [0.15, 0.2) is 0 Å². The predicted octanol–water partition coefficient (Wildman–Crippen LogP) is 2.34. The molecule has 2 rings (SSSR count). The minimum absolute atomic E-state index is 0.218. The molecule has 0 amide bonds. The van der Waals surface area contributed by atoms with Crippen molar-refractivity contribution in [2.24, 2.45) is 5.73 Å². The maximum atomic E-state index is 6.24. The monoisotopic (exact) mass is 257 g/mol. The lowest BCUT2D eigenvalue weighted by Gasteiger charge is -2.15. The number of nitrogens with zero attached hydrogens (tertiary/aromatic N) is 2. The SMILES string of the molecule is COc1nccnc1C(N)Cc1cc(C)ccc1C. The Bertz CT molecular complexity index is 569. The lowest BCUT2D eigenvalue weighted by molar-refractivity contribution is 0.384. The van der Waals surface area contributed by atoms with Crippen molar-refractivity contribution in [2.75, 3.05) is 7.11 Å². The van der Waals surface area contributed by atoms with Crippen LogP contribution in [0.1, 0.15) is 28.4 Å². The van der Waals surface area contributed by atoms with Crippen LogP contribution >= 0.6 is 0 Å². The zero-order valence-corrected chi connectivity index (χ0v) is 11.6. The van der Waals surface area contributed by atoms with Crippen molar-refractivity contribution in [3.05, 3.63) is 53.0 Å². The second-order valence-corrected chi connectivity index (χ2v) is 4.69. The summed E-state index contributed by atoms with van der Waals surface area (Å²) in [5, 5.41) is 0. The van der Waals surface area contributed by atoms with Gasteiger partial charge in [-0.25, -0.2) is 4.98 Å². The van der Waals surface area contributed by atoms with Gasteiger partial charge in [0.05, 0.1) is 13.2 Å². The van der Waals surface area contributed by atoms with Crippen LogP contribution in [0, 0.1) is 13.8 Å². The van der Waals surface area contributed by atoms with Gasteiger partial charge in [0.1, 0.15) is 5.69 Å². The van der Waals surface area contributed by atoms with Gasteiger partial charge in [-0.2, -0.15) is 0 Å². The average Bonchev–Trinajstić information content (AvgIpc) is 2.42. The fourth-order valence-electron chi connectivity index (χ4n) is 2.10. The molecule has 4 nitrogen and oxygen atoms in total. The third-order valence-corrected chi connectivity index (χ3v) is 3.18. The van der Waals surface area contributed by atoms with Gasteiger partial charge in [-0.15, -0.1) is 0 Å². The summed E-state index contributed by atoms with van der Waals surface area (Å²) >= 11 is 0. The molecule has 4 heteroatoms. The van der Waals surface area contributed by atoms with E-state index in [1.54, 1.807) is 19.5 Å². The topological polar surface area (TPSA) is 61.0 Å². The Morgan fingerprint density at radius 2 is 1.95 bits per heavy atom. The van der Waals surface area contributed by atoms with Crippen molar-refractivity contribution < 1.29 is 4.74 Å². The maximum Gasteiger partial charge on any atom is 0.236 e. The van der Waals surface area contributed by atoms with Crippen molar-refractivity contribution in [1.82, 2.24) is 9.97 Å². The van der Waals surface area contributed by atoms with Crippen molar-refractivity contribution in [2.45, 2.75) is 26.3 Å². The van der Waals surface area contributed by atoms with E-state index in [0.717, 1.165) is 6.42 Å². The van der Waals surface area contributed by atoms with Crippen LogP contribution in [0.4, 0.5) is 0 Å². The van der Waals surface area contributed by atoms with Gasteiger partial charge in [-0.3, -0.25) is 4.98 Å². The number of methoxy groups -OCH3 is 1. The van der Waals surface area contributed by atoms with E-state index < -0.39 is 0 Å². The first-order valence-corrected chi connectivity index (χ1v) is 6.28. The summed E-state index contributed by atoms with van der Waals surface area (Å²) in [4.78, 5) is 8.42. The van der Waals surface area contributed by atoms with Crippen LogP contribution < -0.4 is 10.5 Å². The zero-order chi connectivity index (χ0) is 13.8. The number of nitrogens with two attached hydrogens (primary N) is 1. The highest BCUT2D eigenvalue weighted by atomic mass is 16.5. The zero-order valence-electron chi connectivity index (χ0n) is 11.6. The van der Waals surface area contributed by atoms with Gasteiger partial charge >= 0.3 is 0 Å². The standard InChI is InChI=1S/C15H19N3O/c1-10-4-5-11(2)12(8-10)9-13(16)14-15(19-3)18-7-6-17-14/h4-8,13H,9,16H2,1-3H3. The molecule has 2 N–H and O–H groups in total. The van der Waals surface area contributed by atoms with Crippen LogP contribution in [-0.4, -0.2) is 17.1 Å². The van der Waals surface area contributed by atoms with E-state index in [4.69, 9.17) is 10.5 Å². The summed E-state index contributed by atoms with van der Waals surface area (Å²) in [5.74, 6) is 0.500. The highest BCUT2D eigenvalue weighted by Gasteiger charge is 2.15. The van der Waals surface area contributed by atoms with Crippen LogP contribution in [0.5, 0.6) is 5.88 Å². The van der Waals surface area contributed by atoms with E-state index in [0.29, 0.717) is 11.6 Å². The Balaban J connectivity index is 2.25. The highest BCUT2D eigenvalue weighted by molar-refractivity contribution is 5.33. The third kappa shape index (κ3) is 3.09. The molecule has 0 saturated heterocycles. The minimum Gasteiger partial charge on any atom is -0.480 e. The Hall–Kier alpha value is -1.94. The van der Waals surface area contributed by atoms with Gasteiger partial charge in [0.25, 0.3) is 0 Å². The van der Waals surface area contributed by atoms with E-state index in [1.165, 1.54) is 16.7 Å². The first kappa shape index (κ1) is 13.5. The van der Waals surface area contributed by atoms with Crippen molar-refractivity contribution in [3.8, 4) is 5.88 Å². The second kappa shape index (κ2) is 5.80. The normalized spacial score (nSPS) is 12.2. The summed E-state index contributed by atoms with van der Waals surface area (Å²) in [6.45, 7) is 4.17. The lowest BCUT2D eigenvalue weighted by atomic mass is 9.98. The van der Waals surface area contributed by atoms with Crippen molar-refractivity contribution >= 4 is 0 Å². The summed E-state index contributed by atoms with van der Waals surface area (Å²) in [6, 6.07) is 6.17. The molecule has 0 aliphatic heterocycles. The number of hydrogen-bond donors (Lipinski definition) is 1. The van der Waals surface area contributed by atoms with Crippen LogP contribution in [0.25, 0.3) is 0 Å². The molecule has 0 fully saturated rings. The van der Waals surface area contributed by atoms with Gasteiger partial charge in [0.2, 0.25) is 5.88 Å². The van der Waals surface area contributed by atoms with Gasteiger partial charge in [0, 0.05) is 12.4 Å². The first-order valence-electron chi connectivity index (χ1n) is 6.28. The van der Waals surface area contributed by atoms with Crippen LogP contribution in [0.15, 0.2) is 30.6 Å². The van der Waals surface area contributed by atoms with Crippen LogP contribution in [-0.2, 0) is 6.42 Å². The Labute approximate surface area is 113 Å². The summed E-state index contributed by atoms with van der Waals surface area (Å²) in [5.41, 5.74) is 10.7. The summed E-state index contributed by atoms with van der Waals surface area (Å²) in [7, 11) is 1.58. The fraction of sp³-hybridized carbons (Fsp3) is 0.333. The number of hydrogen-bond acceptors (Lipinski definition) is 4. The molecule has 1 unspecified atom stereocenters. The number of rotatable bonds is 4. The van der Waals surface area contributed by atoms with Gasteiger partial charge < -0.3 is 10.5 Å². The van der Waals surface area contributed by atoms with Crippen LogP contribution in [0.2, 0.25) is 0 Å². The lowest BCUT2D eigenvalue weighted by Crippen LogP contribution is -2.17. The molecular weight excluding hydrogens is 238 g/mol. The van der Waals surface area contributed by atoms with E-state index in [9.17, 15) is 0 Å². The Morgan fingerprint density at radius 1 is 1.21 bits per heavy atom. The Morgan fingerprint density at radius 3 is 2.68 bits per heavy atom. The van der Waals surface area contributed by atoms with E-state index in [-0.39, 0.29) is 6.04 Å². The molecule has 1 aromatic heterocycles. The number of ether oxygens (including phenoxy) is 1. The molecular formula is C15H19N3O. The number of benzene rings is 1. The molecule has 0 saturated carbocycles. The van der Waals surface area contributed by atoms with Crippen LogP contribution in [0.3, 0.4) is 0 Å². The molecule has 19 heavy (non-hydrogen) atoms. The largest absolute Gasteiger partial charge is 0.480 e. The molecule has 1 aromatic carbocycles. The van der Waals surface area contributed by atoms with E-state index in [1.807, 2.05) is 0 Å². The smallest absolute Gasteiger partial charge is 0.236 e. The second-order valence-electron chi connectivity index (χ2n) is 4.69. The molecule has 0 radical (unpaired) electrons. The average molecular weight is 257 g/mol. The molecule has 2 aromatic rings. The molecule has 100 valence electrons. The quantitative estimate of drug-likeness (QED) is 0.913.